The standard InChI is InChI=1S/C8H12N2O2/c9-3-4-12-8-5-6(10)1-2-7(8)11/h1-2,5,11H,3-4,9-10H2. The summed E-state index contributed by atoms with van der Waals surface area (Å²) in [5, 5.41) is 9.24. The van der Waals surface area contributed by atoms with Crippen LogP contribution in [0.4, 0.5) is 5.69 Å². The molecule has 0 atom stereocenters. The number of anilines is 1. The topological polar surface area (TPSA) is 81.5 Å². The van der Waals surface area contributed by atoms with Gasteiger partial charge in [0, 0.05) is 18.3 Å². The Morgan fingerprint density at radius 3 is 2.83 bits per heavy atom. The van der Waals surface area contributed by atoms with E-state index in [-0.39, 0.29) is 5.75 Å². The molecule has 0 aliphatic carbocycles. The SMILES string of the molecule is NCCOc1cc(N)ccc1O. The fourth-order valence-electron chi connectivity index (χ4n) is 0.815. The molecular weight excluding hydrogens is 156 g/mol. The van der Waals surface area contributed by atoms with Gasteiger partial charge in [-0.2, -0.15) is 0 Å². The smallest absolute Gasteiger partial charge is 0.163 e. The number of phenols is 1. The van der Waals surface area contributed by atoms with Crippen molar-refractivity contribution in [2.24, 2.45) is 5.73 Å². The van der Waals surface area contributed by atoms with Crippen molar-refractivity contribution in [3.8, 4) is 11.5 Å². The number of hydrogen-bond donors (Lipinski definition) is 3. The maximum atomic E-state index is 9.24. The van der Waals surface area contributed by atoms with Crippen molar-refractivity contribution in [1.82, 2.24) is 0 Å². The molecule has 4 heteroatoms. The van der Waals surface area contributed by atoms with Gasteiger partial charge in [-0.1, -0.05) is 0 Å². The van der Waals surface area contributed by atoms with Crippen LogP contribution >= 0.6 is 0 Å². The average molecular weight is 168 g/mol. The summed E-state index contributed by atoms with van der Waals surface area (Å²) in [6.07, 6.45) is 0. The Morgan fingerprint density at radius 2 is 2.17 bits per heavy atom. The van der Waals surface area contributed by atoms with E-state index in [0.717, 1.165) is 0 Å². The van der Waals surface area contributed by atoms with E-state index in [0.29, 0.717) is 24.6 Å². The highest BCUT2D eigenvalue weighted by molar-refractivity contribution is 5.51. The summed E-state index contributed by atoms with van der Waals surface area (Å²) >= 11 is 0. The van der Waals surface area contributed by atoms with Crippen LogP contribution < -0.4 is 16.2 Å². The number of rotatable bonds is 3. The Labute approximate surface area is 70.7 Å². The number of phenolic OH excluding ortho intramolecular Hbond substituents is 1. The molecule has 0 amide bonds. The molecule has 0 aliphatic rings. The van der Waals surface area contributed by atoms with E-state index >= 15 is 0 Å². The molecule has 0 bridgehead atoms. The lowest BCUT2D eigenvalue weighted by Gasteiger charge is -2.06. The van der Waals surface area contributed by atoms with Crippen LogP contribution in [0.25, 0.3) is 0 Å². The van der Waals surface area contributed by atoms with Gasteiger partial charge in [-0.25, -0.2) is 0 Å². The summed E-state index contributed by atoms with van der Waals surface area (Å²) in [5.41, 5.74) is 11.3. The molecule has 0 saturated heterocycles. The van der Waals surface area contributed by atoms with Crippen molar-refractivity contribution in [1.29, 1.82) is 0 Å². The van der Waals surface area contributed by atoms with Gasteiger partial charge in [-0.3, -0.25) is 0 Å². The molecule has 0 spiro atoms. The van der Waals surface area contributed by atoms with Crippen molar-refractivity contribution < 1.29 is 9.84 Å². The molecule has 66 valence electrons. The molecule has 1 aromatic carbocycles. The summed E-state index contributed by atoms with van der Waals surface area (Å²) in [5.74, 6) is 0.457. The number of ether oxygens (including phenoxy) is 1. The molecular formula is C8H12N2O2. The van der Waals surface area contributed by atoms with Gasteiger partial charge in [0.15, 0.2) is 11.5 Å². The van der Waals surface area contributed by atoms with E-state index in [1.807, 2.05) is 0 Å². The Balaban J connectivity index is 2.75. The Morgan fingerprint density at radius 1 is 1.42 bits per heavy atom. The number of benzene rings is 1. The van der Waals surface area contributed by atoms with Gasteiger partial charge in [-0.05, 0) is 12.1 Å². The predicted octanol–water partition coefficient (Wildman–Crippen LogP) is 0.312. The Kier molecular flexibility index (Phi) is 2.76. The number of hydrogen-bond acceptors (Lipinski definition) is 4. The Bertz CT molecular complexity index is 263. The first kappa shape index (κ1) is 8.67. The van der Waals surface area contributed by atoms with E-state index in [1.165, 1.54) is 6.07 Å². The summed E-state index contributed by atoms with van der Waals surface area (Å²) < 4.78 is 5.11. The molecule has 4 nitrogen and oxygen atoms in total. The lowest BCUT2D eigenvalue weighted by molar-refractivity contribution is 0.309. The van der Waals surface area contributed by atoms with Gasteiger partial charge in [0.25, 0.3) is 0 Å². The first-order valence-corrected chi connectivity index (χ1v) is 3.65. The van der Waals surface area contributed by atoms with E-state index in [1.54, 1.807) is 12.1 Å². The van der Waals surface area contributed by atoms with Crippen LogP contribution in [0.2, 0.25) is 0 Å². The van der Waals surface area contributed by atoms with E-state index < -0.39 is 0 Å². The van der Waals surface area contributed by atoms with Crippen LogP contribution in [-0.4, -0.2) is 18.3 Å². The zero-order valence-electron chi connectivity index (χ0n) is 6.66. The zero-order valence-corrected chi connectivity index (χ0v) is 6.66. The summed E-state index contributed by atoms with van der Waals surface area (Å²) in [4.78, 5) is 0. The summed E-state index contributed by atoms with van der Waals surface area (Å²) in [6.45, 7) is 0.783. The van der Waals surface area contributed by atoms with Crippen molar-refractivity contribution in [2.75, 3.05) is 18.9 Å². The van der Waals surface area contributed by atoms with Crippen LogP contribution in [0.3, 0.4) is 0 Å². The van der Waals surface area contributed by atoms with Gasteiger partial charge in [-0.15, -0.1) is 0 Å². The van der Waals surface area contributed by atoms with E-state index in [4.69, 9.17) is 16.2 Å². The third kappa shape index (κ3) is 2.03. The second-order valence-electron chi connectivity index (χ2n) is 2.36. The van der Waals surface area contributed by atoms with Crippen LogP contribution in [0.5, 0.6) is 11.5 Å². The Hall–Kier alpha value is -1.42. The molecule has 0 aliphatic heterocycles. The lowest BCUT2D eigenvalue weighted by atomic mass is 10.3. The van der Waals surface area contributed by atoms with Gasteiger partial charge in [0.1, 0.15) is 6.61 Å². The second-order valence-corrected chi connectivity index (χ2v) is 2.36. The maximum absolute atomic E-state index is 9.24. The predicted molar refractivity (Wildman–Crippen MR) is 47.1 cm³/mol. The first-order chi connectivity index (χ1) is 5.74. The van der Waals surface area contributed by atoms with Gasteiger partial charge in [0.05, 0.1) is 0 Å². The quantitative estimate of drug-likeness (QED) is 0.448. The molecule has 5 N–H and O–H groups in total. The van der Waals surface area contributed by atoms with Crippen molar-refractivity contribution in [2.45, 2.75) is 0 Å². The summed E-state index contributed by atoms with van der Waals surface area (Å²) in [7, 11) is 0. The van der Waals surface area contributed by atoms with Gasteiger partial charge < -0.3 is 21.3 Å². The van der Waals surface area contributed by atoms with E-state index in [9.17, 15) is 5.11 Å². The van der Waals surface area contributed by atoms with Crippen LogP contribution in [-0.2, 0) is 0 Å². The number of nitrogen functional groups attached to an aromatic ring is 1. The molecule has 1 aromatic rings. The number of aromatic hydroxyl groups is 1. The van der Waals surface area contributed by atoms with Crippen LogP contribution in [0, 0.1) is 0 Å². The molecule has 0 radical (unpaired) electrons. The minimum atomic E-state index is 0.0812. The molecule has 0 fully saturated rings. The zero-order chi connectivity index (χ0) is 8.97. The van der Waals surface area contributed by atoms with Gasteiger partial charge in [0.2, 0.25) is 0 Å². The molecule has 1 rings (SSSR count). The second kappa shape index (κ2) is 3.82. The first-order valence-electron chi connectivity index (χ1n) is 3.65. The highest BCUT2D eigenvalue weighted by atomic mass is 16.5. The fraction of sp³-hybridized carbons (Fsp3) is 0.250. The minimum Gasteiger partial charge on any atom is -0.504 e. The molecule has 0 unspecified atom stereocenters. The van der Waals surface area contributed by atoms with Crippen LogP contribution in [0.1, 0.15) is 0 Å². The average Bonchev–Trinajstić information content (AvgIpc) is 2.07. The monoisotopic (exact) mass is 168 g/mol. The third-order valence-electron chi connectivity index (χ3n) is 1.36. The fourth-order valence-corrected chi connectivity index (χ4v) is 0.815. The van der Waals surface area contributed by atoms with E-state index in [2.05, 4.69) is 0 Å². The van der Waals surface area contributed by atoms with Crippen molar-refractivity contribution in [3.05, 3.63) is 18.2 Å². The van der Waals surface area contributed by atoms with Gasteiger partial charge >= 0.3 is 0 Å². The molecule has 12 heavy (non-hydrogen) atoms. The third-order valence-corrected chi connectivity index (χ3v) is 1.36. The maximum Gasteiger partial charge on any atom is 0.163 e. The molecule has 0 aromatic heterocycles. The van der Waals surface area contributed by atoms with Crippen LogP contribution in [0.15, 0.2) is 18.2 Å². The largest absolute Gasteiger partial charge is 0.504 e. The highest BCUT2D eigenvalue weighted by Crippen LogP contribution is 2.27. The molecule has 0 heterocycles. The number of nitrogens with two attached hydrogens (primary N) is 2. The minimum absolute atomic E-state index is 0.0812. The lowest BCUT2D eigenvalue weighted by Crippen LogP contribution is -2.10. The van der Waals surface area contributed by atoms with Crippen molar-refractivity contribution >= 4 is 5.69 Å². The van der Waals surface area contributed by atoms with Crippen molar-refractivity contribution in [3.63, 3.8) is 0 Å². The highest BCUT2D eigenvalue weighted by Gasteiger charge is 2.00. The normalized spacial score (nSPS) is 9.75. The summed E-state index contributed by atoms with van der Waals surface area (Å²) in [6, 6.07) is 4.65. The molecule has 0 saturated carbocycles.